The Morgan fingerprint density at radius 2 is 2.07 bits per heavy atom. The zero-order chi connectivity index (χ0) is 19.2. The van der Waals surface area contributed by atoms with E-state index < -0.39 is 10.0 Å². The molecule has 1 heterocycles. The van der Waals surface area contributed by atoms with E-state index in [0.29, 0.717) is 23.1 Å². The van der Waals surface area contributed by atoms with E-state index in [1.165, 1.54) is 19.3 Å². The summed E-state index contributed by atoms with van der Waals surface area (Å²) in [5.74, 6) is 1.08. The molecule has 0 aliphatic heterocycles. The van der Waals surface area contributed by atoms with Crippen molar-refractivity contribution in [3.8, 4) is 5.75 Å². The average molecular weight is 384 g/mol. The summed E-state index contributed by atoms with van der Waals surface area (Å²) in [6.07, 6.45) is 2.94. The minimum absolute atomic E-state index is 0.131. The predicted molar refractivity (Wildman–Crippen MR) is 107 cm³/mol. The molecule has 0 N–H and O–H groups in total. The quantitative estimate of drug-likeness (QED) is 0.611. The Bertz CT molecular complexity index is 1110. The van der Waals surface area contributed by atoms with Crippen molar-refractivity contribution in [2.45, 2.75) is 37.0 Å². The first kappa shape index (κ1) is 17.9. The molecule has 27 heavy (non-hydrogen) atoms. The van der Waals surface area contributed by atoms with Crippen molar-refractivity contribution in [3.05, 3.63) is 47.5 Å². The molecule has 0 amide bonds. The van der Waals surface area contributed by atoms with Crippen molar-refractivity contribution in [1.82, 2.24) is 5.16 Å². The molecule has 8 heteroatoms. The summed E-state index contributed by atoms with van der Waals surface area (Å²) < 4.78 is 38.7. The van der Waals surface area contributed by atoms with Crippen LogP contribution in [0.1, 0.15) is 36.8 Å². The fourth-order valence-corrected chi connectivity index (χ4v) is 4.71. The van der Waals surface area contributed by atoms with Gasteiger partial charge in [0.2, 0.25) is 7.98 Å². The molecule has 0 spiro atoms. The van der Waals surface area contributed by atoms with Crippen LogP contribution >= 0.6 is 0 Å². The van der Waals surface area contributed by atoms with Crippen LogP contribution in [0.5, 0.6) is 5.75 Å². The summed E-state index contributed by atoms with van der Waals surface area (Å²) in [5.41, 5.74) is 2.62. The summed E-state index contributed by atoms with van der Waals surface area (Å²) in [5, 5.41) is 4.86. The lowest BCUT2D eigenvalue weighted by molar-refractivity contribution is 0.402. The first-order valence-electron chi connectivity index (χ1n) is 9.01. The van der Waals surface area contributed by atoms with Gasteiger partial charge in [-0.1, -0.05) is 30.3 Å². The lowest BCUT2D eigenvalue weighted by Gasteiger charge is -2.20. The van der Waals surface area contributed by atoms with Gasteiger partial charge in [-0.3, -0.25) is 0 Å². The number of aromatic nitrogens is 1. The molecular weight excluding hydrogens is 363 g/mol. The van der Waals surface area contributed by atoms with E-state index in [2.05, 4.69) is 5.16 Å². The fourth-order valence-electron chi connectivity index (χ4n) is 3.35. The lowest BCUT2D eigenvalue weighted by atomic mass is 10.1. The van der Waals surface area contributed by atoms with E-state index in [-0.39, 0.29) is 4.90 Å². The Labute approximate surface area is 159 Å². The number of anilines is 1. The minimum Gasteiger partial charge on any atom is -0.495 e. The van der Waals surface area contributed by atoms with Crippen molar-refractivity contribution >= 4 is 34.8 Å². The number of methoxy groups -OCH3 is 1. The number of hydrogen-bond donors (Lipinski definition) is 0. The molecule has 140 valence electrons. The van der Waals surface area contributed by atoms with E-state index in [9.17, 15) is 8.42 Å². The molecule has 0 radical (unpaired) electrons. The highest BCUT2D eigenvalue weighted by atomic mass is 32.2. The van der Waals surface area contributed by atoms with Gasteiger partial charge in [-0.15, -0.1) is 0 Å². The SMILES string of the molecule is BN(c1noc2cccc(C3CC3)c12)S(=O)(=O)c1cc(CC)ccc1OC. The second-order valence-corrected chi connectivity index (χ2v) is 8.75. The first-order chi connectivity index (χ1) is 13.0. The molecule has 6 nitrogen and oxygen atoms in total. The predicted octanol–water partition coefficient (Wildman–Crippen LogP) is 3.02. The van der Waals surface area contributed by atoms with Crippen molar-refractivity contribution in [2.75, 3.05) is 11.3 Å². The van der Waals surface area contributed by atoms with Gasteiger partial charge in [-0.2, -0.15) is 0 Å². The van der Waals surface area contributed by atoms with Crippen LogP contribution in [0.4, 0.5) is 5.82 Å². The molecule has 1 aromatic heterocycles. The molecule has 0 bridgehead atoms. The zero-order valence-corrected chi connectivity index (χ0v) is 16.4. The maximum Gasteiger partial charge on any atom is 0.257 e. The molecule has 0 atom stereocenters. The zero-order valence-electron chi connectivity index (χ0n) is 15.6. The highest BCUT2D eigenvalue weighted by molar-refractivity contribution is 7.94. The van der Waals surface area contributed by atoms with Gasteiger partial charge in [-0.25, -0.2) is 8.42 Å². The minimum atomic E-state index is -3.86. The molecular formula is C19H21BN2O4S. The number of hydrogen-bond acceptors (Lipinski definition) is 5. The van der Waals surface area contributed by atoms with Crippen LogP contribution in [-0.2, 0) is 16.4 Å². The summed E-state index contributed by atoms with van der Waals surface area (Å²) in [6, 6.07) is 11.0. The number of benzene rings is 2. The van der Waals surface area contributed by atoms with Crippen LogP contribution < -0.4 is 8.95 Å². The normalized spacial score (nSPS) is 14.4. The summed E-state index contributed by atoms with van der Waals surface area (Å²) in [6.45, 7) is 1.98. The monoisotopic (exact) mass is 384 g/mol. The number of ether oxygens (including phenoxy) is 1. The van der Waals surface area contributed by atoms with Crippen LogP contribution in [0.25, 0.3) is 11.0 Å². The van der Waals surface area contributed by atoms with Gasteiger partial charge in [0.1, 0.15) is 10.6 Å². The maximum absolute atomic E-state index is 13.4. The highest BCUT2D eigenvalue weighted by Crippen LogP contribution is 2.45. The fraction of sp³-hybridized carbons (Fsp3) is 0.316. The lowest BCUT2D eigenvalue weighted by Crippen LogP contribution is -2.29. The van der Waals surface area contributed by atoms with Crippen molar-refractivity contribution in [1.29, 1.82) is 0 Å². The molecule has 1 aliphatic rings. The van der Waals surface area contributed by atoms with Crippen molar-refractivity contribution in [3.63, 3.8) is 0 Å². The Morgan fingerprint density at radius 3 is 2.74 bits per heavy atom. The summed E-state index contributed by atoms with van der Waals surface area (Å²) in [4.78, 5) is 0.131. The van der Waals surface area contributed by atoms with Crippen LogP contribution in [0, 0.1) is 0 Å². The number of rotatable bonds is 6. The van der Waals surface area contributed by atoms with Gasteiger partial charge in [0.05, 0.1) is 12.5 Å². The number of nitrogens with zero attached hydrogens (tertiary/aromatic N) is 2. The second kappa shape index (κ2) is 6.60. The van der Waals surface area contributed by atoms with Crippen LogP contribution in [-0.4, -0.2) is 28.7 Å². The molecule has 4 rings (SSSR count). The van der Waals surface area contributed by atoms with Crippen LogP contribution in [0.3, 0.4) is 0 Å². The molecule has 0 saturated heterocycles. The molecule has 0 unspecified atom stereocenters. The van der Waals surface area contributed by atoms with Gasteiger partial charge < -0.3 is 13.5 Å². The van der Waals surface area contributed by atoms with E-state index in [1.807, 2.05) is 31.2 Å². The molecule has 1 saturated carbocycles. The third kappa shape index (κ3) is 2.98. The molecule has 1 aliphatic carbocycles. The van der Waals surface area contributed by atoms with E-state index in [0.717, 1.165) is 35.8 Å². The summed E-state index contributed by atoms with van der Waals surface area (Å²) >= 11 is 0. The number of aryl methyl sites for hydroxylation is 1. The van der Waals surface area contributed by atoms with Crippen LogP contribution in [0.15, 0.2) is 45.8 Å². The van der Waals surface area contributed by atoms with E-state index >= 15 is 0 Å². The maximum atomic E-state index is 13.4. The third-order valence-corrected chi connectivity index (χ3v) is 6.87. The van der Waals surface area contributed by atoms with Gasteiger partial charge in [-0.05, 0) is 54.5 Å². The Balaban J connectivity index is 1.86. The van der Waals surface area contributed by atoms with Gasteiger partial charge in [0, 0.05) is 0 Å². The average Bonchev–Trinajstić information content (AvgIpc) is 3.45. The molecule has 2 aromatic carbocycles. The highest BCUT2D eigenvalue weighted by Gasteiger charge is 2.32. The second-order valence-electron chi connectivity index (χ2n) is 6.81. The Kier molecular flexibility index (Phi) is 4.38. The number of fused-ring (bicyclic) bond motifs is 1. The summed E-state index contributed by atoms with van der Waals surface area (Å²) in [7, 11) is -0.888. The standard InChI is InChI=1S/C19H21BN2O4S/c1-3-12-7-10-15(25-2)17(11-12)27(23,24)22(20)19-18-14(13-8-9-13)5-4-6-16(18)26-21-19/h4-7,10-11,13H,3,8-9,20H2,1-2H3. The Morgan fingerprint density at radius 1 is 1.30 bits per heavy atom. The van der Waals surface area contributed by atoms with Crippen molar-refractivity contribution in [2.24, 2.45) is 0 Å². The largest absolute Gasteiger partial charge is 0.495 e. The van der Waals surface area contributed by atoms with E-state index in [1.54, 1.807) is 12.1 Å². The Hall–Kier alpha value is -2.48. The smallest absolute Gasteiger partial charge is 0.257 e. The topological polar surface area (TPSA) is 72.6 Å². The van der Waals surface area contributed by atoms with Gasteiger partial charge in [0.15, 0.2) is 11.4 Å². The molecule has 3 aromatic rings. The third-order valence-electron chi connectivity index (χ3n) is 5.10. The van der Waals surface area contributed by atoms with Crippen LogP contribution in [0.2, 0.25) is 0 Å². The van der Waals surface area contributed by atoms with Gasteiger partial charge >= 0.3 is 0 Å². The van der Waals surface area contributed by atoms with E-state index in [4.69, 9.17) is 9.26 Å². The van der Waals surface area contributed by atoms with Gasteiger partial charge in [0.25, 0.3) is 10.0 Å². The van der Waals surface area contributed by atoms with Crippen molar-refractivity contribution < 1.29 is 17.7 Å². The molecule has 1 fully saturated rings. The first-order valence-corrected chi connectivity index (χ1v) is 10.5. The number of sulfonamides is 1.